The largest absolute Gasteiger partial charge is 0.359 e. The molecule has 0 bridgehead atoms. The Kier molecular flexibility index (Phi) is 2.10. The predicted octanol–water partition coefficient (Wildman–Crippen LogP) is 4.14. The third-order valence-corrected chi connectivity index (χ3v) is 4.17. The van der Waals surface area contributed by atoms with E-state index in [4.69, 9.17) is 0 Å². The van der Waals surface area contributed by atoms with Gasteiger partial charge < -0.3 is 5.32 Å². The van der Waals surface area contributed by atoms with E-state index in [1.807, 2.05) is 0 Å². The minimum Gasteiger partial charge on any atom is -0.359 e. The molecule has 1 spiro atoms. The highest BCUT2D eigenvalue weighted by Crippen LogP contribution is 2.50. The molecule has 3 rings (SSSR count). The first kappa shape index (κ1) is 9.95. The fourth-order valence-corrected chi connectivity index (χ4v) is 3.46. The Hall–Kier alpha value is -1.24. The van der Waals surface area contributed by atoms with Gasteiger partial charge in [0.15, 0.2) is 0 Å². The first-order valence-electron chi connectivity index (χ1n) is 6.26. The van der Waals surface area contributed by atoms with E-state index in [-0.39, 0.29) is 0 Å². The lowest BCUT2D eigenvalue weighted by molar-refractivity contribution is 0.430. The van der Waals surface area contributed by atoms with Crippen LogP contribution < -0.4 is 5.32 Å². The van der Waals surface area contributed by atoms with Gasteiger partial charge in [-0.25, -0.2) is 0 Å². The minimum absolute atomic E-state index is 0.408. The maximum Gasteiger partial charge on any atom is 0.0422 e. The van der Waals surface area contributed by atoms with Crippen LogP contribution >= 0.6 is 0 Å². The Bertz CT molecular complexity index is 439. The SMILES string of the molecule is C=C1CC2(CCCC2)c2ccc(C)cc2N1. The van der Waals surface area contributed by atoms with Crippen molar-refractivity contribution in [3.63, 3.8) is 0 Å². The molecule has 0 aromatic heterocycles. The Morgan fingerprint density at radius 2 is 2.00 bits per heavy atom. The Balaban J connectivity index is 2.14. The number of anilines is 1. The zero-order chi connectivity index (χ0) is 11.2. The fraction of sp³-hybridized carbons (Fsp3) is 0.467. The molecule has 1 heteroatoms. The standard InChI is InChI=1S/C15H19N/c1-11-5-6-13-14(9-11)16-12(2)10-15(13)7-3-4-8-15/h5-6,9,16H,2-4,7-8,10H2,1H3. The second-order valence-corrected chi connectivity index (χ2v) is 5.44. The van der Waals surface area contributed by atoms with Crippen LogP contribution in [0.15, 0.2) is 30.5 Å². The van der Waals surface area contributed by atoms with Crippen LogP contribution in [0.1, 0.15) is 43.2 Å². The number of rotatable bonds is 0. The van der Waals surface area contributed by atoms with Crippen LogP contribution in [-0.4, -0.2) is 0 Å². The molecular weight excluding hydrogens is 194 g/mol. The van der Waals surface area contributed by atoms with E-state index in [9.17, 15) is 0 Å². The molecule has 0 unspecified atom stereocenters. The lowest BCUT2D eigenvalue weighted by Gasteiger charge is -2.37. The summed E-state index contributed by atoms with van der Waals surface area (Å²) in [6.07, 6.45) is 6.55. The van der Waals surface area contributed by atoms with Crippen molar-refractivity contribution in [2.45, 2.75) is 44.4 Å². The van der Waals surface area contributed by atoms with Crippen molar-refractivity contribution in [3.05, 3.63) is 41.6 Å². The molecular formula is C15H19N. The molecule has 0 radical (unpaired) electrons. The number of hydrogen-bond acceptors (Lipinski definition) is 1. The molecule has 1 saturated carbocycles. The molecule has 1 N–H and O–H groups in total. The zero-order valence-corrected chi connectivity index (χ0v) is 9.97. The summed E-state index contributed by atoms with van der Waals surface area (Å²) in [5.74, 6) is 0. The van der Waals surface area contributed by atoms with Crippen molar-refractivity contribution in [2.75, 3.05) is 5.32 Å². The van der Waals surface area contributed by atoms with E-state index < -0.39 is 0 Å². The van der Waals surface area contributed by atoms with Crippen molar-refractivity contribution < 1.29 is 0 Å². The number of hydrogen-bond donors (Lipinski definition) is 1. The van der Waals surface area contributed by atoms with Crippen LogP contribution in [0, 0.1) is 6.92 Å². The predicted molar refractivity (Wildman–Crippen MR) is 68.7 cm³/mol. The summed E-state index contributed by atoms with van der Waals surface area (Å²) < 4.78 is 0. The van der Waals surface area contributed by atoms with Gasteiger partial charge in [-0.3, -0.25) is 0 Å². The third kappa shape index (κ3) is 1.38. The first-order valence-corrected chi connectivity index (χ1v) is 6.26. The van der Waals surface area contributed by atoms with Gasteiger partial charge in [0, 0.05) is 16.8 Å². The number of fused-ring (bicyclic) bond motifs is 2. The maximum absolute atomic E-state index is 4.15. The van der Waals surface area contributed by atoms with Crippen molar-refractivity contribution in [3.8, 4) is 0 Å². The quantitative estimate of drug-likeness (QED) is 0.683. The van der Waals surface area contributed by atoms with Gasteiger partial charge in [-0.2, -0.15) is 0 Å². The van der Waals surface area contributed by atoms with Crippen LogP contribution in [-0.2, 0) is 5.41 Å². The van der Waals surface area contributed by atoms with Crippen molar-refractivity contribution in [2.24, 2.45) is 0 Å². The Labute approximate surface area is 97.6 Å². The second kappa shape index (κ2) is 3.38. The number of benzene rings is 1. The molecule has 0 atom stereocenters. The maximum atomic E-state index is 4.15. The smallest absolute Gasteiger partial charge is 0.0422 e. The van der Waals surface area contributed by atoms with Gasteiger partial charge >= 0.3 is 0 Å². The topological polar surface area (TPSA) is 12.0 Å². The highest BCUT2D eigenvalue weighted by molar-refractivity contribution is 5.62. The van der Waals surface area contributed by atoms with Gasteiger partial charge in [0.1, 0.15) is 0 Å². The molecule has 16 heavy (non-hydrogen) atoms. The normalized spacial score (nSPS) is 21.9. The summed E-state index contributed by atoms with van der Waals surface area (Å²) in [6, 6.07) is 6.84. The monoisotopic (exact) mass is 213 g/mol. The summed E-state index contributed by atoms with van der Waals surface area (Å²) in [7, 11) is 0. The average Bonchev–Trinajstić information content (AvgIpc) is 2.65. The Morgan fingerprint density at radius 1 is 1.25 bits per heavy atom. The molecule has 0 amide bonds. The van der Waals surface area contributed by atoms with Crippen molar-refractivity contribution >= 4 is 5.69 Å². The van der Waals surface area contributed by atoms with Gasteiger partial charge in [0.2, 0.25) is 0 Å². The molecule has 1 fully saturated rings. The Morgan fingerprint density at radius 3 is 2.75 bits per heavy atom. The van der Waals surface area contributed by atoms with Crippen LogP contribution in [0.2, 0.25) is 0 Å². The number of allylic oxidation sites excluding steroid dienone is 1. The molecule has 1 heterocycles. The van der Waals surface area contributed by atoms with Gasteiger partial charge in [0.25, 0.3) is 0 Å². The molecule has 84 valence electrons. The molecule has 1 aliphatic carbocycles. The van der Waals surface area contributed by atoms with E-state index in [0.29, 0.717) is 5.41 Å². The van der Waals surface area contributed by atoms with Gasteiger partial charge in [-0.15, -0.1) is 0 Å². The first-order chi connectivity index (χ1) is 7.70. The summed E-state index contributed by atoms with van der Waals surface area (Å²) >= 11 is 0. The molecule has 1 aromatic carbocycles. The molecule has 1 aliphatic heterocycles. The van der Waals surface area contributed by atoms with Crippen LogP contribution in [0.5, 0.6) is 0 Å². The summed E-state index contributed by atoms with van der Waals surface area (Å²) in [5.41, 5.74) is 5.76. The average molecular weight is 213 g/mol. The summed E-state index contributed by atoms with van der Waals surface area (Å²) in [4.78, 5) is 0. The summed E-state index contributed by atoms with van der Waals surface area (Å²) in [6.45, 7) is 6.30. The van der Waals surface area contributed by atoms with E-state index in [1.54, 1.807) is 0 Å². The highest BCUT2D eigenvalue weighted by atomic mass is 14.9. The second-order valence-electron chi connectivity index (χ2n) is 5.44. The van der Waals surface area contributed by atoms with Crippen LogP contribution in [0.25, 0.3) is 0 Å². The van der Waals surface area contributed by atoms with Crippen LogP contribution in [0.3, 0.4) is 0 Å². The van der Waals surface area contributed by atoms with E-state index in [0.717, 1.165) is 6.42 Å². The molecule has 1 nitrogen and oxygen atoms in total. The van der Waals surface area contributed by atoms with E-state index >= 15 is 0 Å². The van der Waals surface area contributed by atoms with E-state index in [1.165, 1.54) is 48.2 Å². The lowest BCUT2D eigenvalue weighted by Crippen LogP contribution is -2.29. The molecule has 0 saturated heterocycles. The molecule has 1 aromatic rings. The molecule has 2 aliphatic rings. The van der Waals surface area contributed by atoms with Gasteiger partial charge in [0.05, 0.1) is 0 Å². The number of nitrogens with one attached hydrogen (secondary N) is 1. The summed E-state index contributed by atoms with van der Waals surface area (Å²) in [5, 5.41) is 3.46. The van der Waals surface area contributed by atoms with Crippen LogP contribution in [0.4, 0.5) is 5.69 Å². The van der Waals surface area contributed by atoms with Gasteiger partial charge in [-0.1, -0.05) is 31.6 Å². The minimum atomic E-state index is 0.408. The lowest BCUT2D eigenvalue weighted by atomic mass is 9.72. The fourth-order valence-electron chi connectivity index (χ4n) is 3.46. The van der Waals surface area contributed by atoms with Crippen molar-refractivity contribution in [1.82, 2.24) is 0 Å². The highest BCUT2D eigenvalue weighted by Gasteiger charge is 2.40. The zero-order valence-electron chi connectivity index (χ0n) is 9.97. The third-order valence-electron chi connectivity index (χ3n) is 4.17. The van der Waals surface area contributed by atoms with Gasteiger partial charge in [-0.05, 0) is 43.4 Å². The van der Waals surface area contributed by atoms with Crippen molar-refractivity contribution in [1.29, 1.82) is 0 Å². The number of aryl methyl sites for hydroxylation is 1. The van der Waals surface area contributed by atoms with E-state index in [2.05, 4.69) is 37.0 Å².